The summed E-state index contributed by atoms with van der Waals surface area (Å²) in [6.07, 6.45) is 0.949. The summed E-state index contributed by atoms with van der Waals surface area (Å²) in [7, 11) is 0. The number of hydrogen-bond acceptors (Lipinski definition) is 3. The van der Waals surface area contributed by atoms with Crippen molar-refractivity contribution in [3.8, 4) is 0 Å². The standard InChI is InChI=1S/C11H20BrNO3/c1-5-6-8(9(14)7-12)13-10(15)16-11(2,3)4/h5,8-9,14H,1,6-7H2,2-4H3,(H,13,15)/t8-,9?/m0/s1. The van der Waals surface area contributed by atoms with Gasteiger partial charge < -0.3 is 15.2 Å². The predicted molar refractivity (Wildman–Crippen MR) is 67.8 cm³/mol. The molecule has 0 aliphatic carbocycles. The van der Waals surface area contributed by atoms with Gasteiger partial charge in [0.2, 0.25) is 0 Å². The Morgan fingerprint density at radius 3 is 2.56 bits per heavy atom. The van der Waals surface area contributed by atoms with Gasteiger partial charge in [-0.25, -0.2) is 4.79 Å². The lowest BCUT2D eigenvalue weighted by atomic mass is 10.1. The van der Waals surface area contributed by atoms with Gasteiger partial charge in [-0.2, -0.15) is 0 Å². The number of ether oxygens (including phenoxy) is 1. The first-order valence-corrected chi connectivity index (χ1v) is 6.26. The summed E-state index contributed by atoms with van der Waals surface area (Å²) in [6, 6.07) is -0.383. The number of carbonyl (C=O) groups is 1. The third kappa shape index (κ3) is 6.85. The quantitative estimate of drug-likeness (QED) is 0.604. The Kier molecular flexibility index (Phi) is 6.67. The van der Waals surface area contributed by atoms with Crippen LogP contribution in [0.4, 0.5) is 4.79 Å². The predicted octanol–water partition coefficient (Wildman–Crippen LogP) is 2.21. The fourth-order valence-electron chi connectivity index (χ4n) is 1.06. The van der Waals surface area contributed by atoms with E-state index in [4.69, 9.17) is 4.74 Å². The van der Waals surface area contributed by atoms with Crippen molar-refractivity contribution >= 4 is 22.0 Å². The van der Waals surface area contributed by atoms with Crippen molar-refractivity contribution in [2.75, 3.05) is 5.33 Å². The maximum Gasteiger partial charge on any atom is 0.407 e. The lowest BCUT2D eigenvalue weighted by Gasteiger charge is -2.25. The number of alkyl halides is 1. The van der Waals surface area contributed by atoms with Crippen LogP contribution in [0.3, 0.4) is 0 Å². The first kappa shape index (κ1) is 15.4. The van der Waals surface area contributed by atoms with Crippen LogP contribution in [-0.4, -0.2) is 34.3 Å². The van der Waals surface area contributed by atoms with E-state index in [1.807, 2.05) is 0 Å². The number of rotatable bonds is 5. The molecule has 0 fully saturated rings. The van der Waals surface area contributed by atoms with Crippen molar-refractivity contribution in [3.05, 3.63) is 12.7 Å². The van der Waals surface area contributed by atoms with Crippen LogP contribution in [0.15, 0.2) is 12.7 Å². The minimum Gasteiger partial charge on any atom is -0.444 e. The van der Waals surface area contributed by atoms with E-state index in [0.717, 1.165) is 0 Å². The molecule has 5 heteroatoms. The molecular formula is C11H20BrNO3. The third-order valence-electron chi connectivity index (χ3n) is 1.75. The third-order valence-corrected chi connectivity index (χ3v) is 2.41. The summed E-state index contributed by atoms with van der Waals surface area (Å²) in [5, 5.41) is 12.6. The van der Waals surface area contributed by atoms with Crippen molar-refractivity contribution in [2.45, 2.75) is 44.9 Å². The molecule has 0 radical (unpaired) electrons. The van der Waals surface area contributed by atoms with Crippen molar-refractivity contribution in [2.24, 2.45) is 0 Å². The fourth-order valence-corrected chi connectivity index (χ4v) is 1.51. The molecular weight excluding hydrogens is 274 g/mol. The monoisotopic (exact) mass is 293 g/mol. The zero-order valence-corrected chi connectivity index (χ0v) is 11.6. The summed E-state index contributed by atoms with van der Waals surface area (Å²) >= 11 is 3.16. The number of halogens is 1. The molecule has 0 rings (SSSR count). The molecule has 94 valence electrons. The number of hydrogen-bond donors (Lipinski definition) is 2. The van der Waals surface area contributed by atoms with Gasteiger partial charge in [0.15, 0.2) is 0 Å². The van der Waals surface area contributed by atoms with E-state index in [1.165, 1.54) is 0 Å². The second-order valence-corrected chi connectivity index (χ2v) is 5.15. The Morgan fingerprint density at radius 1 is 1.62 bits per heavy atom. The van der Waals surface area contributed by atoms with E-state index in [9.17, 15) is 9.90 Å². The summed E-state index contributed by atoms with van der Waals surface area (Å²) in [4.78, 5) is 11.5. The van der Waals surface area contributed by atoms with Gasteiger partial charge in [-0.15, -0.1) is 6.58 Å². The Morgan fingerprint density at radius 2 is 2.19 bits per heavy atom. The Balaban J connectivity index is 4.28. The Bertz CT molecular complexity index is 238. The van der Waals surface area contributed by atoms with E-state index in [-0.39, 0.29) is 6.04 Å². The molecule has 0 saturated carbocycles. The molecule has 2 atom stereocenters. The minimum atomic E-state index is -0.662. The van der Waals surface area contributed by atoms with Crippen LogP contribution >= 0.6 is 15.9 Å². The smallest absolute Gasteiger partial charge is 0.407 e. The van der Waals surface area contributed by atoms with Gasteiger partial charge in [-0.05, 0) is 27.2 Å². The Labute approximate surface area is 105 Å². The topological polar surface area (TPSA) is 58.6 Å². The highest BCUT2D eigenvalue weighted by molar-refractivity contribution is 9.09. The molecule has 0 aromatic carbocycles. The van der Waals surface area contributed by atoms with Crippen LogP contribution in [0.5, 0.6) is 0 Å². The van der Waals surface area contributed by atoms with Crippen molar-refractivity contribution in [1.82, 2.24) is 5.32 Å². The van der Waals surface area contributed by atoms with E-state index < -0.39 is 17.8 Å². The van der Waals surface area contributed by atoms with Crippen LogP contribution in [0.1, 0.15) is 27.2 Å². The van der Waals surface area contributed by atoms with Crippen LogP contribution in [0, 0.1) is 0 Å². The molecule has 4 nitrogen and oxygen atoms in total. The number of aliphatic hydroxyl groups is 1. The highest BCUT2D eigenvalue weighted by Gasteiger charge is 2.22. The van der Waals surface area contributed by atoms with E-state index in [0.29, 0.717) is 11.8 Å². The molecule has 0 aromatic heterocycles. The molecule has 2 N–H and O–H groups in total. The van der Waals surface area contributed by atoms with Crippen molar-refractivity contribution in [1.29, 1.82) is 0 Å². The van der Waals surface area contributed by atoms with Gasteiger partial charge in [0.25, 0.3) is 0 Å². The van der Waals surface area contributed by atoms with Crippen LogP contribution in [0.25, 0.3) is 0 Å². The number of alkyl carbamates (subject to hydrolysis) is 1. The molecule has 0 spiro atoms. The number of carbonyl (C=O) groups excluding carboxylic acids is 1. The molecule has 0 aliphatic rings. The number of aliphatic hydroxyl groups excluding tert-OH is 1. The average Bonchev–Trinajstić information content (AvgIpc) is 2.13. The molecule has 16 heavy (non-hydrogen) atoms. The molecule has 1 unspecified atom stereocenters. The Hall–Kier alpha value is -0.550. The SMILES string of the molecule is C=CC[C@H](NC(=O)OC(C)(C)C)C(O)CBr. The van der Waals surface area contributed by atoms with Crippen LogP contribution in [-0.2, 0) is 4.74 Å². The highest BCUT2D eigenvalue weighted by Crippen LogP contribution is 2.09. The summed E-state index contributed by atoms with van der Waals surface area (Å²) in [6.45, 7) is 8.94. The van der Waals surface area contributed by atoms with Gasteiger partial charge in [0.1, 0.15) is 5.60 Å². The largest absolute Gasteiger partial charge is 0.444 e. The van der Waals surface area contributed by atoms with Gasteiger partial charge in [0, 0.05) is 5.33 Å². The van der Waals surface area contributed by atoms with E-state index in [2.05, 4.69) is 27.8 Å². The summed E-state index contributed by atoms with van der Waals surface area (Å²) < 4.78 is 5.10. The van der Waals surface area contributed by atoms with Gasteiger partial charge >= 0.3 is 6.09 Å². The lowest BCUT2D eigenvalue weighted by Crippen LogP contribution is -2.45. The normalized spacial score (nSPS) is 15.1. The molecule has 0 aliphatic heterocycles. The maximum atomic E-state index is 11.5. The molecule has 0 heterocycles. The zero-order chi connectivity index (χ0) is 12.8. The number of nitrogens with one attached hydrogen (secondary N) is 1. The summed E-state index contributed by atoms with van der Waals surface area (Å²) in [5.41, 5.74) is -0.540. The second kappa shape index (κ2) is 6.91. The molecule has 0 aromatic rings. The van der Waals surface area contributed by atoms with Gasteiger partial charge in [-0.3, -0.25) is 0 Å². The van der Waals surface area contributed by atoms with Crippen LogP contribution in [0.2, 0.25) is 0 Å². The first-order valence-electron chi connectivity index (χ1n) is 5.14. The van der Waals surface area contributed by atoms with E-state index in [1.54, 1.807) is 26.8 Å². The van der Waals surface area contributed by atoms with Crippen LogP contribution < -0.4 is 5.32 Å². The van der Waals surface area contributed by atoms with E-state index >= 15 is 0 Å². The first-order chi connectivity index (χ1) is 7.30. The van der Waals surface area contributed by atoms with Gasteiger partial charge in [-0.1, -0.05) is 22.0 Å². The summed E-state index contributed by atoms with van der Waals surface area (Å²) in [5.74, 6) is 0. The van der Waals surface area contributed by atoms with Gasteiger partial charge in [0.05, 0.1) is 12.1 Å². The molecule has 0 saturated heterocycles. The lowest BCUT2D eigenvalue weighted by molar-refractivity contribution is 0.0443. The fraction of sp³-hybridized carbons (Fsp3) is 0.727. The van der Waals surface area contributed by atoms with Crippen molar-refractivity contribution < 1.29 is 14.6 Å². The van der Waals surface area contributed by atoms with Crippen molar-refractivity contribution in [3.63, 3.8) is 0 Å². The maximum absolute atomic E-state index is 11.5. The highest BCUT2D eigenvalue weighted by atomic mass is 79.9. The molecule has 0 bridgehead atoms. The second-order valence-electron chi connectivity index (χ2n) is 4.50. The average molecular weight is 294 g/mol. The number of amides is 1. The zero-order valence-electron chi connectivity index (χ0n) is 10.00. The molecule has 1 amide bonds. The minimum absolute atomic E-state index is 0.383.